The Kier molecular flexibility index (Phi) is 4.42. The number of carbonyl (C=O) groups is 1. The number of benzene rings is 2. The van der Waals surface area contributed by atoms with E-state index in [0.29, 0.717) is 10.8 Å². The third-order valence-corrected chi connectivity index (χ3v) is 2.77. The SMILES string of the molecule is COc1ccc(CC(=O)Oc2cccc(Cl)c2)cc1. The molecule has 0 saturated carbocycles. The van der Waals surface area contributed by atoms with Gasteiger partial charge in [0, 0.05) is 5.02 Å². The van der Waals surface area contributed by atoms with E-state index in [9.17, 15) is 4.79 Å². The van der Waals surface area contributed by atoms with Crippen molar-refractivity contribution in [3.8, 4) is 11.5 Å². The largest absolute Gasteiger partial charge is 0.497 e. The zero-order valence-electron chi connectivity index (χ0n) is 10.4. The fraction of sp³-hybridized carbons (Fsp3) is 0.133. The first-order chi connectivity index (χ1) is 9.17. The summed E-state index contributed by atoms with van der Waals surface area (Å²) in [5, 5.41) is 0.537. The number of hydrogen-bond acceptors (Lipinski definition) is 3. The van der Waals surface area contributed by atoms with E-state index in [4.69, 9.17) is 21.1 Å². The van der Waals surface area contributed by atoms with E-state index in [1.165, 1.54) is 0 Å². The van der Waals surface area contributed by atoms with Crippen LogP contribution in [0.2, 0.25) is 5.02 Å². The first-order valence-corrected chi connectivity index (χ1v) is 6.14. The van der Waals surface area contributed by atoms with E-state index >= 15 is 0 Å². The van der Waals surface area contributed by atoms with Crippen LogP contribution in [0.4, 0.5) is 0 Å². The summed E-state index contributed by atoms with van der Waals surface area (Å²) in [6.07, 6.45) is 0.205. The molecule has 0 aliphatic heterocycles. The highest BCUT2D eigenvalue weighted by Gasteiger charge is 2.07. The second-order valence-corrected chi connectivity index (χ2v) is 4.39. The minimum absolute atomic E-state index is 0.205. The van der Waals surface area contributed by atoms with Gasteiger partial charge in [-0.1, -0.05) is 29.8 Å². The molecule has 2 aromatic rings. The van der Waals surface area contributed by atoms with Crippen LogP contribution in [0.1, 0.15) is 5.56 Å². The number of halogens is 1. The minimum Gasteiger partial charge on any atom is -0.497 e. The summed E-state index contributed by atoms with van der Waals surface area (Å²) in [5.41, 5.74) is 0.868. The van der Waals surface area contributed by atoms with Gasteiger partial charge in [-0.25, -0.2) is 0 Å². The van der Waals surface area contributed by atoms with E-state index in [2.05, 4.69) is 0 Å². The Morgan fingerprint density at radius 3 is 2.47 bits per heavy atom. The summed E-state index contributed by atoms with van der Waals surface area (Å²) < 4.78 is 10.3. The van der Waals surface area contributed by atoms with Gasteiger partial charge in [-0.3, -0.25) is 4.79 Å². The quantitative estimate of drug-likeness (QED) is 0.633. The molecule has 0 aromatic heterocycles. The van der Waals surface area contributed by atoms with E-state index in [1.807, 2.05) is 24.3 Å². The number of rotatable bonds is 4. The second-order valence-electron chi connectivity index (χ2n) is 3.96. The molecule has 0 bridgehead atoms. The van der Waals surface area contributed by atoms with Crippen LogP contribution in [-0.4, -0.2) is 13.1 Å². The molecule has 19 heavy (non-hydrogen) atoms. The molecule has 3 nitrogen and oxygen atoms in total. The minimum atomic E-state index is -0.326. The molecule has 4 heteroatoms. The highest BCUT2D eigenvalue weighted by molar-refractivity contribution is 6.30. The Labute approximate surface area is 116 Å². The maximum Gasteiger partial charge on any atom is 0.315 e. The molecule has 0 spiro atoms. The Morgan fingerprint density at radius 1 is 1.11 bits per heavy atom. The normalized spacial score (nSPS) is 10.0. The maximum absolute atomic E-state index is 11.8. The fourth-order valence-corrected chi connectivity index (χ4v) is 1.79. The zero-order valence-corrected chi connectivity index (χ0v) is 11.2. The molecule has 0 fully saturated rings. The average molecular weight is 277 g/mol. The van der Waals surface area contributed by atoms with Gasteiger partial charge in [-0.2, -0.15) is 0 Å². The highest BCUT2D eigenvalue weighted by atomic mass is 35.5. The Balaban J connectivity index is 1.97. The molecule has 0 saturated heterocycles. The molecule has 0 unspecified atom stereocenters. The smallest absolute Gasteiger partial charge is 0.315 e. The Hall–Kier alpha value is -2.00. The van der Waals surface area contributed by atoms with Gasteiger partial charge in [0.2, 0.25) is 0 Å². The molecule has 0 aliphatic rings. The van der Waals surface area contributed by atoms with Crippen molar-refractivity contribution >= 4 is 17.6 Å². The molecular weight excluding hydrogens is 264 g/mol. The zero-order chi connectivity index (χ0) is 13.7. The predicted octanol–water partition coefficient (Wildman–Crippen LogP) is 3.50. The molecule has 0 aliphatic carbocycles. The van der Waals surface area contributed by atoms with Gasteiger partial charge in [0.05, 0.1) is 13.5 Å². The molecule has 0 amide bonds. The van der Waals surface area contributed by atoms with Crippen molar-refractivity contribution in [2.75, 3.05) is 7.11 Å². The van der Waals surface area contributed by atoms with Crippen LogP contribution >= 0.6 is 11.6 Å². The van der Waals surface area contributed by atoms with Crippen molar-refractivity contribution in [2.24, 2.45) is 0 Å². The summed E-state index contributed by atoms with van der Waals surface area (Å²) in [4.78, 5) is 11.8. The second kappa shape index (κ2) is 6.25. The van der Waals surface area contributed by atoms with Gasteiger partial charge in [-0.05, 0) is 35.9 Å². The van der Waals surface area contributed by atoms with Crippen molar-refractivity contribution in [2.45, 2.75) is 6.42 Å². The van der Waals surface area contributed by atoms with Crippen LogP contribution < -0.4 is 9.47 Å². The van der Waals surface area contributed by atoms with Gasteiger partial charge in [0.25, 0.3) is 0 Å². The molecular formula is C15H13ClO3. The van der Waals surface area contributed by atoms with E-state index < -0.39 is 0 Å². The van der Waals surface area contributed by atoms with Crippen molar-refractivity contribution in [1.29, 1.82) is 0 Å². The number of methoxy groups -OCH3 is 1. The average Bonchev–Trinajstić information content (AvgIpc) is 2.39. The van der Waals surface area contributed by atoms with Gasteiger partial charge in [0.15, 0.2) is 0 Å². The van der Waals surface area contributed by atoms with E-state index in [1.54, 1.807) is 31.4 Å². The van der Waals surface area contributed by atoms with Crippen LogP contribution in [0, 0.1) is 0 Å². The molecule has 98 valence electrons. The van der Waals surface area contributed by atoms with Gasteiger partial charge in [0.1, 0.15) is 11.5 Å². The summed E-state index contributed by atoms with van der Waals surface area (Å²) in [7, 11) is 1.60. The lowest BCUT2D eigenvalue weighted by Crippen LogP contribution is -2.11. The molecule has 0 radical (unpaired) electrons. The lowest BCUT2D eigenvalue weighted by Gasteiger charge is -2.05. The highest BCUT2D eigenvalue weighted by Crippen LogP contribution is 2.18. The molecule has 0 N–H and O–H groups in total. The van der Waals surface area contributed by atoms with Gasteiger partial charge < -0.3 is 9.47 Å². The van der Waals surface area contributed by atoms with Crippen molar-refractivity contribution in [1.82, 2.24) is 0 Å². The summed E-state index contributed by atoms with van der Waals surface area (Å²) in [6.45, 7) is 0. The van der Waals surface area contributed by atoms with Crippen molar-refractivity contribution < 1.29 is 14.3 Å². The van der Waals surface area contributed by atoms with Gasteiger partial charge >= 0.3 is 5.97 Å². The monoisotopic (exact) mass is 276 g/mol. The first-order valence-electron chi connectivity index (χ1n) is 5.76. The summed E-state index contributed by atoms with van der Waals surface area (Å²) in [6, 6.07) is 14.0. The maximum atomic E-state index is 11.8. The lowest BCUT2D eigenvalue weighted by atomic mass is 10.1. The van der Waals surface area contributed by atoms with Crippen LogP contribution in [-0.2, 0) is 11.2 Å². The Morgan fingerprint density at radius 2 is 1.84 bits per heavy atom. The third-order valence-electron chi connectivity index (χ3n) is 2.54. The Bertz CT molecular complexity index is 564. The lowest BCUT2D eigenvalue weighted by molar-refractivity contribution is -0.133. The predicted molar refractivity (Wildman–Crippen MR) is 73.8 cm³/mol. The van der Waals surface area contributed by atoms with Crippen molar-refractivity contribution in [3.63, 3.8) is 0 Å². The topological polar surface area (TPSA) is 35.5 Å². The summed E-state index contributed by atoms with van der Waals surface area (Å²) in [5.74, 6) is 0.880. The number of ether oxygens (including phenoxy) is 2. The number of esters is 1. The van der Waals surface area contributed by atoms with Gasteiger partial charge in [-0.15, -0.1) is 0 Å². The molecule has 0 heterocycles. The van der Waals surface area contributed by atoms with E-state index in [0.717, 1.165) is 11.3 Å². The van der Waals surface area contributed by atoms with Crippen LogP contribution in [0.25, 0.3) is 0 Å². The fourth-order valence-electron chi connectivity index (χ4n) is 1.61. The molecule has 2 rings (SSSR count). The third kappa shape index (κ3) is 4.00. The van der Waals surface area contributed by atoms with Crippen molar-refractivity contribution in [3.05, 3.63) is 59.1 Å². The first kappa shape index (κ1) is 13.4. The van der Waals surface area contributed by atoms with Crippen LogP contribution in [0.15, 0.2) is 48.5 Å². The standard InChI is InChI=1S/C15H13ClO3/c1-18-13-7-5-11(6-8-13)9-15(17)19-14-4-2-3-12(16)10-14/h2-8,10H,9H2,1H3. The summed E-state index contributed by atoms with van der Waals surface area (Å²) >= 11 is 5.82. The van der Waals surface area contributed by atoms with Crippen LogP contribution in [0.5, 0.6) is 11.5 Å². The molecule has 2 aromatic carbocycles. The number of carbonyl (C=O) groups excluding carboxylic acids is 1. The van der Waals surface area contributed by atoms with E-state index in [-0.39, 0.29) is 12.4 Å². The number of hydrogen-bond donors (Lipinski definition) is 0. The van der Waals surface area contributed by atoms with Crippen LogP contribution in [0.3, 0.4) is 0 Å². The molecule has 0 atom stereocenters.